The maximum Gasteiger partial charge on any atom is 2.00 e. The first-order chi connectivity index (χ1) is 39.7. The Morgan fingerprint density at radius 3 is 0.446 bits per heavy atom. The minimum atomic E-state index is -4.94. The molecule has 83 heavy (non-hydrogen) atoms. The number of imidazole rings is 6. The summed E-state index contributed by atoms with van der Waals surface area (Å²) in [5.41, 5.74) is 7.81. The standard InChI is InChI=1S/6C10H10N2.2ClHO4.Mn/c6*1-2-4-10(5-3-1)8-12-7-6-11-9-12;2*2-1(3,4)5;/h6*1-7,9H,8H2;2*(H,2,3,4,5);/q;;;;;;;;+2/p-2. The third kappa shape index (κ3) is 33.7. The van der Waals surface area contributed by atoms with Crippen LogP contribution in [0, 0.1) is 20.5 Å². The van der Waals surface area contributed by atoms with Crippen LogP contribution in [0.3, 0.4) is 0 Å². The molecule has 0 fully saturated rings. The zero-order valence-electron chi connectivity index (χ0n) is 44.7. The van der Waals surface area contributed by atoms with Crippen LogP contribution < -0.4 is 37.3 Å². The summed E-state index contributed by atoms with van der Waals surface area (Å²) in [4.78, 5) is 23.9. The molecule has 0 aliphatic rings. The third-order valence-corrected chi connectivity index (χ3v) is 10.6. The number of benzene rings is 6. The van der Waals surface area contributed by atoms with Crippen molar-refractivity contribution in [3.63, 3.8) is 0 Å². The van der Waals surface area contributed by atoms with Gasteiger partial charge in [-0.05, 0) is 33.4 Å². The number of halogens is 2. The van der Waals surface area contributed by atoms with Gasteiger partial charge in [-0.1, -0.05) is 182 Å². The van der Waals surface area contributed by atoms with Crippen molar-refractivity contribution in [1.82, 2.24) is 57.3 Å². The molecule has 0 unspecified atom stereocenters. The molecular weight excluding hydrogens is 1140 g/mol. The zero-order chi connectivity index (χ0) is 58.4. The number of aromatic nitrogens is 12. The van der Waals surface area contributed by atoms with Gasteiger partial charge in [-0.3, -0.25) is 0 Å². The Labute approximate surface area is 496 Å². The molecule has 6 heterocycles. The summed E-state index contributed by atoms with van der Waals surface area (Å²) in [6, 6.07) is 62.1. The molecule has 0 spiro atoms. The third-order valence-electron chi connectivity index (χ3n) is 10.6. The van der Waals surface area contributed by atoms with Gasteiger partial charge in [0.2, 0.25) is 0 Å². The molecule has 0 N–H and O–H groups in total. The van der Waals surface area contributed by atoms with Crippen molar-refractivity contribution in [1.29, 1.82) is 0 Å². The van der Waals surface area contributed by atoms with Crippen LogP contribution in [-0.2, 0) is 56.3 Å². The molecule has 0 aliphatic carbocycles. The maximum atomic E-state index is 8.49. The molecule has 0 saturated carbocycles. The molecule has 0 atom stereocenters. The van der Waals surface area contributed by atoms with E-state index in [0.717, 1.165) is 39.3 Å². The van der Waals surface area contributed by atoms with Crippen molar-refractivity contribution in [3.05, 3.63) is 328 Å². The second-order valence-corrected chi connectivity index (χ2v) is 18.6. The number of hydrogen-bond acceptors (Lipinski definition) is 14. The number of nitrogens with zero attached hydrogens (tertiary/aromatic N) is 12. The van der Waals surface area contributed by atoms with Crippen molar-refractivity contribution in [3.8, 4) is 0 Å². The normalized spacial score (nSPS) is 10.1. The summed E-state index contributed by atoms with van der Waals surface area (Å²) in [5, 5.41) is 0. The quantitative estimate of drug-likeness (QED) is 0.158. The van der Waals surface area contributed by atoms with Gasteiger partial charge in [-0.2, -0.15) is 0 Å². The van der Waals surface area contributed by atoms with Crippen LogP contribution in [0.2, 0.25) is 0 Å². The molecule has 12 aromatic rings. The van der Waals surface area contributed by atoms with Crippen LogP contribution in [0.5, 0.6) is 0 Å². The number of hydrogen-bond donors (Lipinski definition) is 0. The Kier molecular flexibility index (Phi) is 31.3. The summed E-state index contributed by atoms with van der Waals surface area (Å²) >= 11 is 0. The fraction of sp³-hybridized carbons (Fsp3) is 0.100. The molecule has 23 heteroatoms. The van der Waals surface area contributed by atoms with Crippen LogP contribution in [0.1, 0.15) is 33.4 Å². The van der Waals surface area contributed by atoms with Crippen LogP contribution in [0.4, 0.5) is 0 Å². The molecule has 1 radical (unpaired) electrons. The average molecular weight is 1200 g/mol. The van der Waals surface area contributed by atoms with Crippen LogP contribution in [0.25, 0.3) is 0 Å². The SMILES string of the molecule is [Mn+2].[O-][Cl+3]([O-])([O-])[O-].[O-][Cl+3]([O-])([O-])[O-].c1ccc(Cn2ccnc2)cc1.c1ccc(Cn2ccnc2)cc1.c1ccc(Cn2ccnc2)cc1.c1ccc(Cn2ccnc2)cc1.c1ccc(Cn2ccnc2)cc1.c1ccc(Cn2ccnc2)cc1. The van der Waals surface area contributed by atoms with E-state index >= 15 is 0 Å². The van der Waals surface area contributed by atoms with Crippen LogP contribution in [-0.4, -0.2) is 57.3 Å². The van der Waals surface area contributed by atoms with Gasteiger partial charge in [-0.25, -0.2) is 67.2 Å². The first-order valence-corrected chi connectivity index (χ1v) is 27.4. The van der Waals surface area contributed by atoms with E-state index in [1.54, 1.807) is 37.2 Å². The fourth-order valence-electron chi connectivity index (χ4n) is 7.05. The molecule has 12 rings (SSSR count). The summed E-state index contributed by atoms with van der Waals surface area (Å²) in [6.07, 6.45) is 33.5. The molecule has 6 aromatic heterocycles. The zero-order valence-corrected chi connectivity index (χ0v) is 47.4. The summed E-state index contributed by atoms with van der Waals surface area (Å²) < 4.78 is 80.2. The number of rotatable bonds is 12. The van der Waals surface area contributed by atoms with Crippen molar-refractivity contribution < 1.29 is 74.8 Å². The van der Waals surface area contributed by atoms with Crippen LogP contribution in [0.15, 0.2) is 294 Å². The van der Waals surface area contributed by atoms with Gasteiger partial charge in [0.25, 0.3) is 0 Å². The molecule has 20 nitrogen and oxygen atoms in total. The van der Waals surface area contributed by atoms with E-state index in [9.17, 15) is 0 Å². The summed E-state index contributed by atoms with van der Waals surface area (Å²) in [7, 11) is -9.89. The summed E-state index contributed by atoms with van der Waals surface area (Å²) in [5.74, 6) is 0. The topological polar surface area (TPSA) is 291 Å². The first-order valence-electron chi connectivity index (χ1n) is 24.9. The molecule has 0 amide bonds. The van der Waals surface area contributed by atoms with E-state index in [1.165, 1.54) is 33.4 Å². The Hall–Kier alpha value is -8.64. The van der Waals surface area contributed by atoms with Gasteiger partial charge >= 0.3 is 17.1 Å². The molecule has 6 aromatic carbocycles. The Bertz CT molecular complexity index is 2740. The Morgan fingerprint density at radius 1 is 0.229 bits per heavy atom. The predicted octanol–water partition coefficient (Wildman–Crippen LogP) is 2.07. The minimum absolute atomic E-state index is 0. The Morgan fingerprint density at radius 2 is 0.349 bits per heavy atom. The minimum Gasteiger partial charge on any atom is -0.333 e. The van der Waals surface area contributed by atoms with Gasteiger partial charge in [0.05, 0.1) is 38.0 Å². The predicted molar refractivity (Wildman–Crippen MR) is 287 cm³/mol. The van der Waals surface area contributed by atoms with Crippen molar-refractivity contribution >= 4 is 0 Å². The summed E-state index contributed by atoms with van der Waals surface area (Å²) in [6.45, 7) is 5.42. The molecule has 0 saturated heterocycles. The van der Waals surface area contributed by atoms with Gasteiger partial charge in [0, 0.05) is 114 Å². The molecule has 429 valence electrons. The van der Waals surface area contributed by atoms with Gasteiger partial charge in [-0.15, -0.1) is 20.5 Å². The van der Waals surface area contributed by atoms with E-state index < -0.39 is 20.5 Å². The van der Waals surface area contributed by atoms with Gasteiger partial charge in [0.15, 0.2) is 0 Å². The second-order valence-electron chi connectivity index (χ2n) is 17.1. The molecular formula is C60H60Cl2MnN12O8. The monoisotopic (exact) mass is 1200 g/mol. The van der Waals surface area contributed by atoms with Crippen LogP contribution >= 0.6 is 0 Å². The molecule has 0 aliphatic heterocycles. The fourth-order valence-corrected chi connectivity index (χ4v) is 7.05. The van der Waals surface area contributed by atoms with E-state index in [1.807, 2.05) is 184 Å². The van der Waals surface area contributed by atoms with Crippen molar-refractivity contribution in [2.45, 2.75) is 39.3 Å². The first kappa shape index (κ1) is 66.9. The van der Waals surface area contributed by atoms with E-state index in [4.69, 9.17) is 37.3 Å². The van der Waals surface area contributed by atoms with E-state index in [-0.39, 0.29) is 17.1 Å². The van der Waals surface area contributed by atoms with Crippen molar-refractivity contribution in [2.24, 2.45) is 0 Å². The van der Waals surface area contributed by atoms with Gasteiger partial charge in [0.1, 0.15) is 0 Å². The van der Waals surface area contributed by atoms with Gasteiger partial charge < -0.3 is 27.4 Å². The maximum absolute atomic E-state index is 8.49. The molecule has 0 bridgehead atoms. The smallest absolute Gasteiger partial charge is 0.333 e. The average Bonchev–Trinajstić information content (AvgIpc) is 4.35. The largest absolute Gasteiger partial charge is 2.00 e. The second kappa shape index (κ2) is 38.9. The van der Waals surface area contributed by atoms with E-state index in [2.05, 4.69) is 130 Å². The van der Waals surface area contributed by atoms with Crippen molar-refractivity contribution in [2.75, 3.05) is 0 Å². The van der Waals surface area contributed by atoms with E-state index in [0.29, 0.717) is 0 Å². The Balaban J connectivity index is 0.000000207.